The molecule has 3 heterocycles. The molecule has 0 unspecified atom stereocenters. The molecule has 2 aliphatic heterocycles. The Hall–Kier alpha value is -1.85. The average molecular weight is 277 g/mol. The molecule has 2 aliphatic rings. The minimum atomic E-state index is -0.227. The maximum Gasteiger partial charge on any atom is 0.259 e. The van der Waals surface area contributed by atoms with Crippen LogP contribution in [-0.4, -0.2) is 53.5 Å². The zero-order chi connectivity index (χ0) is 14.3. The number of aromatic nitrogens is 1. The molecule has 0 N–H and O–H groups in total. The summed E-state index contributed by atoms with van der Waals surface area (Å²) in [6.45, 7) is 3.82. The van der Waals surface area contributed by atoms with Gasteiger partial charge in [-0.2, -0.15) is 0 Å². The zero-order valence-corrected chi connectivity index (χ0v) is 11.9. The van der Waals surface area contributed by atoms with Crippen LogP contribution in [0.3, 0.4) is 0 Å². The number of hydrogen-bond acceptors (Lipinski definition) is 4. The molecule has 0 aromatic carbocycles. The van der Waals surface area contributed by atoms with Crippen LogP contribution in [0, 0.1) is 12.3 Å². The molecule has 3 rings (SSSR count). The van der Waals surface area contributed by atoms with Crippen LogP contribution in [0.4, 0.5) is 0 Å². The Morgan fingerprint density at radius 2 is 1.95 bits per heavy atom. The van der Waals surface area contributed by atoms with Crippen molar-refractivity contribution in [3.8, 4) is 0 Å². The van der Waals surface area contributed by atoms with E-state index in [9.17, 15) is 9.59 Å². The van der Waals surface area contributed by atoms with Crippen LogP contribution >= 0.6 is 0 Å². The minimum absolute atomic E-state index is 0.0441. The summed E-state index contributed by atoms with van der Waals surface area (Å²) >= 11 is 0. The smallest absolute Gasteiger partial charge is 0.259 e. The highest BCUT2D eigenvalue weighted by atomic mass is 16.5. The number of carbonyl (C=O) groups is 2. The van der Waals surface area contributed by atoms with Crippen LogP contribution in [0.1, 0.15) is 35.4 Å². The van der Waals surface area contributed by atoms with Gasteiger partial charge in [0.1, 0.15) is 11.3 Å². The van der Waals surface area contributed by atoms with Crippen LogP contribution < -0.4 is 0 Å². The molecule has 6 nitrogen and oxygen atoms in total. The van der Waals surface area contributed by atoms with E-state index in [-0.39, 0.29) is 17.2 Å². The van der Waals surface area contributed by atoms with E-state index in [0.29, 0.717) is 24.4 Å². The van der Waals surface area contributed by atoms with Crippen molar-refractivity contribution in [1.82, 2.24) is 15.0 Å². The lowest BCUT2D eigenvalue weighted by molar-refractivity contribution is -0.137. The van der Waals surface area contributed by atoms with Gasteiger partial charge >= 0.3 is 0 Å². The number of piperidine rings is 1. The van der Waals surface area contributed by atoms with Gasteiger partial charge in [-0.1, -0.05) is 5.16 Å². The van der Waals surface area contributed by atoms with Gasteiger partial charge < -0.3 is 14.3 Å². The van der Waals surface area contributed by atoms with Gasteiger partial charge in [0, 0.05) is 26.7 Å². The van der Waals surface area contributed by atoms with Crippen LogP contribution in [0.25, 0.3) is 0 Å². The number of rotatable bonds is 1. The Morgan fingerprint density at radius 1 is 1.30 bits per heavy atom. The number of hydrogen-bond donors (Lipinski definition) is 0. The average Bonchev–Trinajstić information content (AvgIpc) is 2.99. The topological polar surface area (TPSA) is 66.7 Å². The third-order valence-corrected chi connectivity index (χ3v) is 4.72. The molecule has 6 heteroatoms. The predicted molar refractivity (Wildman–Crippen MR) is 71.1 cm³/mol. The van der Waals surface area contributed by atoms with Gasteiger partial charge in [-0.15, -0.1) is 0 Å². The van der Waals surface area contributed by atoms with Gasteiger partial charge in [0.2, 0.25) is 5.91 Å². The first-order valence-electron chi connectivity index (χ1n) is 7.00. The van der Waals surface area contributed by atoms with Crippen LogP contribution in [0.5, 0.6) is 0 Å². The van der Waals surface area contributed by atoms with Crippen molar-refractivity contribution in [3.05, 3.63) is 17.5 Å². The largest absolute Gasteiger partial charge is 0.361 e. The second-order valence-corrected chi connectivity index (χ2v) is 5.84. The Balaban J connectivity index is 1.69. The highest BCUT2D eigenvalue weighted by Gasteiger charge is 2.47. The monoisotopic (exact) mass is 277 g/mol. The van der Waals surface area contributed by atoms with E-state index in [1.807, 2.05) is 11.9 Å². The van der Waals surface area contributed by atoms with E-state index in [1.54, 1.807) is 11.8 Å². The molecule has 0 saturated carbocycles. The number of likely N-dealkylation sites (tertiary alicyclic amines) is 2. The minimum Gasteiger partial charge on any atom is -0.361 e. The van der Waals surface area contributed by atoms with Crippen molar-refractivity contribution in [3.63, 3.8) is 0 Å². The van der Waals surface area contributed by atoms with Crippen molar-refractivity contribution in [2.45, 2.75) is 26.2 Å². The molecule has 2 amide bonds. The van der Waals surface area contributed by atoms with Crippen molar-refractivity contribution in [2.24, 2.45) is 5.41 Å². The van der Waals surface area contributed by atoms with Gasteiger partial charge in [-0.25, -0.2) is 0 Å². The fourth-order valence-electron chi connectivity index (χ4n) is 3.27. The molecule has 0 radical (unpaired) electrons. The molecule has 20 heavy (non-hydrogen) atoms. The lowest BCUT2D eigenvalue weighted by atomic mass is 9.77. The molecule has 108 valence electrons. The van der Waals surface area contributed by atoms with Gasteiger partial charge in [0.15, 0.2) is 0 Å². The van der Waals surface area contributed by atoms with Crippen molar-refractivity contribution >= 4 is 11.8 Å². The molecular formula is C14H19N3O3. The summed E-state index contributed by atoms with van der Waals surface area (Å²) in [5.74, 6) is 0.745. The molecule has 2 fully saturated rings. The fourth-order valence-corrected chi connectivity index (χ4v) is 3.27. The molecule has 1 aromatic heterocycles. The van der Waals surface area contributed by atoms with Crippen LogP contribution in [0.2, 0.25) is 0 Å². The van der Waals surface area contributed by atoms with E-state index in [2.05, 4.69) is 5.16 Å². The lowest BCUT2D eigenvalue weighted by Crippen LogP contribution is -2.46. The number of carbonyl (C=O) groups excluding carboxylic acids is 2. The first-order valence-corrected chi connectivity index (χ1v) is 7.00. The third-order valence-electron chi connectivity index (χ3n) is 4.72. The normalized spacial score (nSPS) is 21.8. The first kappa shape index (κ1) is 13.1. The maximum atomic E-state index is 12.4. The molecule has 2 saturated heterocycles. The quantitative estimate of drug-likeness (QED) is 0.770. The Bertz CT molecular complexity index is 544. The summed E-state index contributed by atoms with van der Waals surface area (Å²) in [4.78, 5) is 28.2. The van der Waals surface area contributed by atoms with Crippen molar-refractivity contribution in [1.29, 1.82) is 0 Å². The predicted octanol–water partition coefficient (Wildman–Crippen LogP) is 1.07. The van der Waals surface area contributed by atoms with Crippen molar-refractivity contribution in [2.75, 3.05) is 26.7 Å². The molecule has 1 aromatic rings. The van der Waals surface area contributed by atoms with Gasteiger partial charge in [-0.05, 0) is 26.2 Å². The van der Waals surface area contributed by atoms with Crippen LogP contribution in [-0.2, 0) is 4.79 Å². The highest BCUT2D eigenvalue weighted by Crippen LogP contribution is 2.41. The molecule has 1 spiro atoms. The summed E-state index contributed by atoms with van der Waals surface area (Å²) in [6, 6.07) is 0. The SMILES string of the molecule is Cc1oncc1C(=O)N1CCC2(CCN(C)C2=O)CC1. The molecule has 0 atom stereocenters. The van der Waals surface area contributed by atoms with E-state index in [0.717, 1.165) is 25.8 Å². The third kappa shape index (κ3) is 1.90. The summed E-state index contributed by atoms with van der Waals surface area (Å²) in [5, 5.41) is 3.65. The van der Waals surface area contributed by atoms with Gasteiger partial charge in [0.25, 0.3) is 5.91 Å². The van der Waals surface area contributed by atoms with E-state index in [4.69, 9.17) is 4.52 Å². The fraction of sp³-hybridized carbons (Fsp3) is 0.643. The maximum absolute atomic E-state index is 12.4. The first-order chi connectivity index (χ1) is 9.53. The second-order valence-electron chi connectivity index (χ2n) is 5.84. The Kier molecular flexibility index (Phi) is 3.03. The van der Waals surface area contributed by atoms with Crippen molar-refractivity contribution < 1.29 is 14.1 Å². The molecule has 0 aliphatic carbocycles. The van der Waals surface area contributed by atoms with E-state index in [1.165, 1.54) is 6.20 Å². The lowest BCUT2D eigenvalue weighted by Gasteiger charge is -2.37. The molecule has 0 bridgehead atoms. The zero-order valence-electron chi connectivity index (χ0n) is 11.9. The Morgan fingerprint density at radius 3 is 2.45 bits per heavy atom. The van der Waals surface area contributed by atoms with Gasteiger partial charge in [-0.3, -0.25) is 9.59 Å². The number of amides is 2. The molecular weight excluding hydrogens is 258 g/mol. The van der Waals surface area contributed by atoms with Crippen LogP contribution in [0.15, 0.2) is 10.7 Å². The standard InChI is InChI=1S/C14H19N3O3/c1-10-11(9-15-20-10)12(18)17-7-4-14(5-8-17)3-6-16(2)13(14)19/h9H,3-8H2,1-2H3. The van der Waals surface area contributed by atoms with E-state index >= 15 is 0 Å². The number of nitrogens with zero attached hydrogens (tertiary/aromatic N) is 3. The second kappa shape index (κ2) is 4.61. The number of aryl methyl sites for hydroxylation is 1. The summed E-state index contributed by atoms with van der Waals surface area (Å²) in [6.07, 6.45) is 3.89. The summed E-state index contributed by atoms with van der Waals surface area (Å²) < 4.78 is 4.94. The summed E-state index contributed by atoms with van der Waals surface area (Å²) in [7, 11) is 1.86. The summed E-state index contributed by atoms with van der Waals surface area (Å²) in [5.41, 5.74) is 0.297. The highest BCUT2D eigenvalue weighted by molar-refractivity contribution is 5.95. The van der Waals surface area contributed by atoms with E-state index < -0.39 is 0 Å². The van der Waals surface area contributed by atoms with Gasteiger partial charge in [0.05, 0.1) is 11.6 Å². The Labute approximate surface area is 117 Å².